The van der Waals surface area contributed by atoms with E-state index in [0.717, 1.165) is 0 Å². The van der Waals surface area contributed by atoms with Crippen molar-refractivity contribution in [3.05, 3.63) is 33.3 Å². The summed E-state index contributed by atoms with van der Waals surface area (Å²) in [4.78, 5) is 10.5. The van der Waals surface area contributed by atoms with Gasteiger partial charge in [0.05, 0.1) is 18.1 Å². The fourth-order valence-electron chi connectivity index (χ4n) is 1.29. The molecule has 0 fully saturated rings. The van der Waals surface area contributed by atoms with Gasteiger partial charge in [-0.1, -0.05) is 22.0 Å². The van der Waals surface area contributed by atoms with Gasteiger partial charge in [-0.05, 0) is 11.6 Å². The molecule has 0 aliphatic heterocycles. The molecule has 0 aliphatic carbocycles. The zero-order valence-electron chi connectivity index (χ0n) is 7.88. The van der Waals surface area contributed by atoms with Crippen LogP contribution >= 0.6 is 15.9 Å². The smallest absolute Gasteiger partial charge is 0.307 e. The van der Waals surface area contributed by atoms with E-state index in [-0.39, 0.29) is 15.6 Å². The Kier molecular flexibility index (Phi) is 3.96. The van der Waals surface area contributed by atoms with Gasteiger partial charge < -0.3 is 5.11 Å². The first-order valence-electron chi connectivity index (χ1n) is 4.18. The monoisotopic (exact) mass is 289 g/mol. The van der Waals surface area contributed by atoms with Gasteiger partial charge in [-0.25, -0.2) is 8.78 Å². The van der Waals surface area contributed by atoms with Crippen LogP contribution < -0.4 is 0 Å². The van der Waals surface area contributed by atoms with Crippen molar-refractivity contribution >= 4 is 21.9 Å². The van der Waals surface area contributed by atoms with E-state index in [1.807, 2.05) is 0 Å². The van der Waals surface area contributed by atoms with Gasteiger partial charge in [-0.2, -0.15) is 5.26 Å². The number of hydrogen-bond acceptors (Lipinski definition) is 2. The second-order valence-electron chi connectivity index (χ2n) is 2.98. The molecular formula is C10H6BrF2NO2. The first-order valence-corrected chi connectivity index (χ1v) is 4.98. The predicted molar refractivity (Wildman–Crippen MR) is 55.2 cm³/mol. The van der Waals surface area contributed by atoms with Crippen molar-refractivity contribution in [1.29, 1.82) is 5.26 Å². The van der Waals surface area contributed by atoms with Gasteiger partial charge in [0.1, 0.15) is 0 Å². The van der Waals surface area contributed by atoms with Gasteiger partial charge in [0.25, 0.3) is 6.43 Å². The summed E-state index contributed by atoms with van der Waals surface area (Å²) in [5.41, 5.74) is -0.637. The molecule has 0 unspecified atom stereocenters. The van der Waals surface area contributed by atoms with Crippen molar-refractivity contribution in [1.82, 2.24) is 0 Å². The van der Waals surface area contributed by atoms with Crippen LogP contribution in [-0.2, 0) is 11.2 Å². The lowest BCUT2D eigenvalue weighted by Crippen LogP contribution is -2.05. The number of alkyl halides is 2. The summed E-state index contributed by atoms with van der Waals surface area (Å²) in [5, 5.41) is 17.4. The first-order chi connectivity index (χ1) is 7.47. The van der Waals surface area contributed by atoms with Crippen LogP contribution in [0, 0.1) is 11.3 Å². The zero-order chi connectivity index (χ0) is 12.3. The summed E-state index contributed by atoms with van der Waals surface area (Å²) in [5.74, 6) is -1.17. The molecule has 16 heavy (non-hydrogen) atoms. The number of nitrogens with zero attached hydrogens (tertiary/aromatic N) is 1. The highest BCUT2D eigenvalue weighted by Gasteiger charge is 2.20. The number of nitriles is 1. The van der Waals surface area contributed by atoms with E-state index >= 15 is 0 Å². The van der Waals surface area contributed by atoms with Crippen LogP contribution in [0.5, 0.6) is 0 Å². The lowest BCUT2D eigenvalue weighted by atomic mass is 10.00. The molecule has 0 saturated heterocycles. The maximum atomic E-state index is 12.7. The Morgan fingerprint density at radius 1 is 1.56 bits per heavy atom. The van der Waals surface area contributed by atoms with E-state index in [4.69, 9.17) is 10.4 Å². The fourth-order valence-corrected chi connectivity index (χ4v) is 1.80. The third-order valence-corrected chi connectivity index (χ3v) is 2.64. The average molecular weight is 290 g/mol. The molecule has 1 N–H and O–H groups in total. The molecule has 0 radical (unpaired) electrons. The van der Waals surface area contributed by atoms with Crippen LogP contribution in [0.1, 0.15) is 23.1 Å². The largest absolute Gasteiger partial charge is 0.481 e. The first kappa shape index (κ1) is 12.6. The number of hydrogen-bond donors (Lipinski definition) is 1. The zero-order valence-corrected chi connectivity index (χ0v) is 9.46. The van der Waals surface area contributed by atoms with Gasteiger partial charge in [0.2, 0.25) is 0 Å². The molecule has 6 heteroatoms. The molecule has 0 bridgehead atoms. The number of aliphatic carboxylic acids is 1. The van der Waals surface area contributed by atoms with Crippen molar-refractivity contribution in [3.8, 4) is 6.07 Å². The van der Waals surface area contributed by atoms with E-state index in [1.165, 1.54) is 12.1 Å². The van der Waals surface area contributed by atoms with Crippen LogP contribution in [0.2, 0.25) is 0 Å². The normalized spacial score (nSPS) is 10.2. The fraction of sp³-hybridized carbons (Fsp3) is 0.200. The predicted octanol–water partition coefficient (Wildman–Crippen LogP) is 2.89. The van der Waals surface area contributed by atoms with Gasteiger partial charge in [0, 0.05) is 10.0 Å². The Hall–Kier alpha value is -1.48. The van der Waals surface area contributed by atoms with Crippen molar-refractivity contribution in [2.75, 3.05) is 0 Å². The molecule has 0 heterocycles. The summed E-state index contributed by atoms with van der Waals surface area (Å²) < 4.78 is 25.4. The summed E-state index contributed by atoms with van der Waals surface area (Å²) in [6, 6.07) is 4.29. The number of carbonyl (C=O) groups is 1. The minimum absolute atomic E-state index is 0.0912. The van der Waals surface area contributed by atoms with Crippen LogP contribution in [0.15, 0.2) is 16.6 Å². The van der Waals surface area contributed by atoms with Crippen molar-refractivity contribution < 1.29 is 18.7 Å². The molecule has 0 atom stereocenters. The minimum atomic E-state index is -2.82. The maximum absolute atomic E-state index is 12.7. The lowest BCUT2D eigenvalue weighted by molar-refractivity contribution is -0.136. The molecule has 0 amide bonds. The Labute approximate surface area is 98.4 Å². The topological polar surface area (TPSA) is 61.1 Å². The molecule has 0 aliphatic rings. The van der Waals surface area contributed by atoms with Crippen molar-refractivity contribution in [2.45, 2.75) is 12.8 Å². The second kappa shape index (κ2) is 5.03. The van der Waals surface area contributed by atoms with E-state index in [0.29, 0.717) is 0 Å². The van der Waals surface area contributed by atoms with Crippen LogP contribution in [0.3, 0.4) is 0 Å². The van der Waals surface area contributed by atoms with Crippen LogP contribution in [0.4, 0.5) is 8.78 Å². The van der Waals surface area contributed by atoms with Gasteiger partial charge in [-0.3, -0.25) is 4.79 Å². The van der Waals surface area contributed by atoms with Crippen molar-refractivity contribution in [2.24, 2.45) is 0 Å². The highest BCUT2D eigenvalue weighted by Crippen LogP contribution is 2.32. The SMILES string of the molecule is N#Cc1c(CC(=O)O)ccc(Br)c1C(F)F. The second-order valence-corrected chi connectivity index (χ2v) is 3.83. The molecule has 0 spiro atoms. The van der Waals surface area contributed by atoms with E-state index in [2.05, 4.69) is 15.9 Å². The number of carboxylic acids is 1. The number of benzene rings is 1. The summed E-state index contributed by atoms with van der Waals surface area (Å²) >= 11 is 2.91. The molecule has 84 valence electrons. The Bertz CT molecular complexity index is 469. The van der Waals surface area contributed by atoms with Gasteiger partial charge in [0.15, 0.2) is 0 Å². The lowest BCUT2D eigenvalue weighted by Gasteiger charge is -2.09. The third-order valence-electron chi connectivity index (χ3n) is 1.95. The molecular weight excluding hydrogens is 284 g/mol. The molecule has 1 rings (SSSR count). The van der Waals surface area contributed by atoms with Gasteiger partial charge >= 0.3 is 5.97 Å². The minimum Gasteiger partial charge on any atom is -0.481 e. The van der Waals surface area contributed by atoms with E-state index in [1.54, 1.807) is 6.07 Å². The van der Waals surface area contributed by atoms with Crippen LogP contribution in [0.25, 0.3) is 0 Å². The molecule has 1 aromatic rings. The number of halogens is 3. The standard InChI is InChI=1S/C10H6BrF2NO2/c11-7-2-1-5(3-8(15)16)6(4-14)9(7)10(12)13/h1-2,10H,3H2,(H,15,16). The van der Waals surface area contributed by atoms with Gasteiger partial charge in [-0.15, -0.1) is 0 Å². The van der Waals surface area contributed by atoms with E-state index in [9.17, 15) is 13.6 Å². The van der Waals surface area contributed by atoms with E-state index < -0.39 is 24.4 Å². The Morgan fingerprint density at radius 2 is 2.19 bits per heavy atom. The average Bonchev–Trinajstić information content (AvgIpc) is 2.18. The Balaban J connectivity index is 3.38. The molecule has 0 aromatic heterocycles. The summed E-state index contributed by atoms with van der Waals surface area (Å²) in [7, 11) is 0. The van der Waals surface area contributed by atoms with Crippen molar-refractivity contribution in [3.63, 3.8) is 0 Å². The maximum Gasteiger partial charge on any atom is 0.307 e. The molecule has 3 nitrogen and oxygen atoms in total. The van der Waals surface area contributed by atoms with Crippen LogP contribution in [-0.4, -0.2) is 11.1 Å². The molecule has 1 aromatic carbocycles. The Morgan fingerprint density at radius 3 is 2.62 bits per heavy atom. The quantitative estimate of drug-likeness (QED) is 0.931. The highest BCUT2D eigenvalue weighted by atomic mass is 79.9. The highest BCUT2D eigenvalue weighted by molar-refractivity contribution is 9.10. The third kappa shape index (κ3) is 2.55. The number of carboxylic acid groups (broad SMARTS) is 1. The summed E-state index contributed by atoms with van der Waals surface area (Å²) in [6.45, 7) is 0. The summed E-state index contributed by atoms with van der Waals surface area (Å²) in [6.07, 6.45) is -3.27. The number of rotatable bonds is 3. The molecule has 0 saturated carbocycles.